The van der Waals surface area contributed by atoms with E-state index in [2.05, 4.69) is 5.32 Å². The number of sulfonamides is 1. The summed E-state index contributed by atoms with van der Waals surface area (Å²) in [6.45, 7) is 4.85. The molecule has 3 aromatic rings. The number of fused-ring (bicyclic) bond motifs is 1. The van der Waals surface area contributed by atoms with Gasteiger partial charge in [-0.1, -0.05) is 19.9 Å². The number of rotatable bonds is 7. The maximum Gasteiger partial charge on any atom is 0.293 e. The van der Waals surface area contributed by atoms with E-state index in [4.69, 9.17) is 4.42 Å². The number of furan rings is 1. The third-order valence-electron chi connectivity index (χ3n) is 5.68. The number of benzene rings is 2. The Morgan fingerprint density at radius 2 is 1.79 bits per heavy atom. The van der Waals surface area contributed by atoms with Crippen LogP contribution < -0.4 is 10.2 Å². The molecule has 2 amide bonds. The van der Waals surface area contributed by atoms with E-state index in [1.165, 1.54) is 34.8 Å². The first-order valence-electron chi connectivity index (χ1n) is 10.7. The highest BCUT2D eigenvalue weighted by Gasteiger charge is 2.27. The molecule has 0 fully saturated rings. The molecule has 2 aromatic carbocycles. The molecule has 0 bridgehead atoms. The normalized spacial score (nSPS) is 13.2. The molecule has 9 heteroatoms. The minimum atomic E-state index is -3.59. The molecule has 0 unspecified atom stereocenters. The van der Waals surface area contributed by atoms with Gasteiger partial charge in [-0.2, -0.15) is 4.31 Å². The van der Waals surface area contributed by atoms with Crippen molar-refractivity contribution >= 4 is 33.2 Å². The predicted octanol–water partition coefficient (Wildman–Crippen LogP) is 3.77. The van der Waals surface area contributed by atoms with E-state index in [0.717, 1.165) is 17.7 Å². The van der Waals surface area contributed by atoms with E-state index in [9.17, 15) is 18.0 Å². The molecule has 0 aliphatic carbocycles. The molecule has 33 heavy (non-hydrogen) atoms. The molecule has 0 spiro atoms. The summed E-state index contributed by atoms with van der Waals surface area (Å²) in [5.74, 6) is -0.340. The molecule has 0 atom stereocenters. The Balaban J connectivity index is 1.51. The minimum Gasteiger partial charge on any atom is -0.459 e. The number of nitrogens with zero attached hydrogens (tertiary/aromatic N) is 2. The number of carbonyl (C=O) groups is 2. The van der Waals surface area contributed by atoms with Crippen LogP contribution in [0.3, 0.4) is 0 Å². The van der Waals surface area contributed by atoms with Gasteiger partial charge in [-0.3, -0.25) is 9.59 Å². The van der Waals surface area contributed by atoms with Crippen LogP contribution in [0.4, 0.5) is 11.4 Å². The fourth-order valence-electron chi connectivity index (χ4n) is 3.90. The molecule has 1 N–H and O–H groups in total. The van der Waals surface area contributed by atoms with Crippen LogP contribution in [0.5, 0.6) is 0 Å². The zero-order valence-electron chi connectivity index (χ0n) is 18.4. The molecular formula is C24H25N3O5S. The molecule has 0 radical (unpaired) electrons. The monoisotopic (exact) mass is 467 g/mol. The van der Waals surface area contributed by atoms with Gasteiger partial charge in [0.2, 0.25) is 10.0 Å². The Bertz CT molecular complexity index is 1260. The van der Waals surface area contributed by atoms with E-state index in [0.29, 0.717) is 30.9 Å². The predicted molar refractivity (Wildman–Crippen MR) is 125 cm³/mol. The lowest BCUT2D eigenvalue weighted by atomic mass is 10.1. The second-order valence-electron chi connectivity index (χ2n) is 7.60. The van der Waals surface area contributed by atoms with Crippen LogP contribution in [-0.2, 0) is 16.4 Å². The lowest BCUT2D eigenvalue weighted by molar-refractivity contribution is 0.0962. The number of nitrogens with one attached hydrogen (secondary N) is 1. The van der Waals surface area contributed by atoms with Crippen molar-refractivity contribution in [3.05, 3.63) is 77.7 Å². The minimum absolute atomic E-state index is 0.146. The molecular weight excluding hydrogens is 442 g/mol. The summed E-state index contributed by atoms with van der Waals surface area (Å²) in [5, 5.41) is 2.83. The molecule has 2 heterocycles. The quantitative estimate of drug-likeness (QED) is 0.570. The van der Waals surface area contributed by atoms with Crippen molar-refractivity contribution in [3.8, 4) is 0 Å². The van der Waals surface area contributed by atoms with Gasteiger partial charge in [0.05, 0.1) is 11.2 Å². The van der Waals surface area contributed by atoms with Crippen LogP contribution in [0.25, 0.3) is 0 Å². The zero-order chi connectivity index (χ0) is 23.6. The smallest absolute Gasteiger partial charge is 0.293 e. The van der Waals surface area contributed by atoms with E-state index in [-0.39, 0.29) is 22.5 Å². The molecule has 8 nitrogen and oxygen atoms in total. The van der Waals surface area contributed by atoms with Crippen LogP contribution >= 0.6 is 0 Å². The Labute approximate surface area is 192 Å². The number of carbonyl (C=O) groups excluding carboxylic acids is 2. The standard InChI is InChI=1S/C24H25N3O5S/c1-3-26(4-2)33(30,31)20-11-8-18(9-12-20)23(28)25-19-10-7-17-13-14-27(21(17)16-19)24(29)22-6-5-15-32-22/h5-12,15-16H,3-4,13-14H2,1-2H3,(H,25,28). The second kappa shape index (κ2) is 9.21. The Hall–Kier alpha value is -3.43. The van der Waals surface area contributed by atoms with Crippen LogP contribution in [0.1, 0.15) is 40.3 Å². The highest BCUT2D eigenvalue weighted by Crippen LogP contribution is 2.32. The van der Waals surface area contributed by atoms with Gasteiger partial charge < -0.3 is 14.6 Å². The fourth-order valence-corrected chi connectivity index (χ4v) is 5.35. The van der Waals surface area contributed by atoms with Gasteiger partial charge in [-0.15, -0.1) is 0 Å². The second-order valence-corrected chi connectivity index (χ2v) is 9.53. The highest BCUT2D eigenvalue weighted by molar-refractivity contribution is 7.89. The Morgan fingerprint density at radius 3 is 2.42 bits per heavy atom. The Morgan fingerprint density at radius 1 is 1.06 bits per heavy atom. The summed E-state index contributed by atoms with van der Waals surface area (Å²) in [6.07, 6.45) is 2.18. The van der Waals surface area contributed by atoms with Gasteiger partial charge in [-0.25, -0.2) is 8.42 Å². The van der Waals surface area contributed by atoms with Crippen molar-refractivity contribution in [3.63, 3.8) is 0 Å². The first kappa shape index (κ1) is 22.8. The molecule has 4 rings (SSSR count). The van der Waals surface area contributed by atoms with Crippen LogP contribution in [0, 0.1) is 0 Å². The maximum atomic E-state index is 12.8. The summed E-state index contributed by atoms with van der Waals surface area (Å²) in [5.41, 5.74) is 2.61. The van der Waals surface area contributed by atoms with E-state index < -0.39 is 10.0 Å². The molecule has 1 aliphatic heterocycles. The molecule has 172 valence electrons. The lowest BCUT2D eigenvalue weighted by Gasteiger charge is -2.18. The van der Waals surface area contributed by atoms with Crippen molar-refractivity contribution in [1.82, 2.24) is 4.31 Å². The van der Waals surface area contributed by atoms with E-state index in [1.54, 1.807) is 43.0 Å². The molecule has 0 saturated heterocycles. The molecule has 1 aromatic heterocycles. The first-order valence-corrected chi connectivity index (χ1v) is 12.2. The van der Waals surface area contributed by atoms with Gasteiger partial charge in [0.25, 0.3) is 11.8 Å². The van der Waals surface area contributed by atoms with Gasteiger partial charge in [0, 0.05) is 36.6 Å². The third kappa shape index (κ3) is 4.42. The first-order chi connectivity index (χ1) is 15.8. The average Bonchev–Trinajstić information content (AvgIpc) is 3.49. The van der Waals surface area contributed by atoms with Crippen molar-refractivity contribution in [2.75, 3.05) is 29.9 Å². The van der Waals surface area contributed by atoms with Gasteiger partial charge in [0.1, 0.15) is 0 Å². The number of anilines is 2. The number of hydrogen-bond donors (Lipinski definition) is 1. The van der Waals surface area contributed by atoms with Gasteiger partial charge in [-0.05, 0) is 60.5 Å². The summed E-state index contributed by atoms with van der Waals surface area (Å²) in [4.78, 5) is 27.3. The average molecular weight is 468 g/mol. The van der Waals surface area contributed by atoms with Crippen LogP contribution in [0.2, 0.25) is 0 Å². The van der Waals surface area contributed by atoms with E-state index in [1.807, 2.05) is 6.07 Å². The Kier molecular flexibility index (Phi) is 6.35. The van der Waals surface area contributed by atoms with Crippen LogP contribution in [-0.4, -0.2) is 44.2 Å². The number of amides is 2. The zero-order valence-corrected chi connectivity index (χ0v) is 19.3. The topological polar surface area (TPSA) is 99.9 Å². The summed E-state index contributed by atoms with van der Waals surface area (Å²) < 4.78 is 31.9. The highest BCUT2D eigenvalue weighted by atomic mass is 32.2. The summed E-state index contributed by atoms with van der Waals surface area (Å²) >= 11 is 0. The number of hydrogen-bond acceptors (Lipinski definition) is 5. The third-order valence-corrected chi connectivity index (χ3v) is 7.74. The SMILES string of the molecule is CCN(CC)S(=O)(=O)c1ccc(C(=O)Nc2ccc3c(c2)N(C(=O)c2ccco2)CC3)cc1. The lowest BCUT2D eigenvalue weighted by Crippen LogP contribution is -2.30. The molecule has 0 saturated carbocycles. The largest absolute Gasteiger partial charge is 0.459 e. The summed E-state index contributed by atoms with van der Waals surface area (Å²) in [7, 11) is -3.59. The fraction of sp³-hybridized carbons (Fsp3) is 0.250. The summed E-state index contributed by atoms with van der Waals surface area (Å²) in [6, 6.07) is 14.6. The molecule has 1 aliphatic rings. The van der Waals surface area contributed by atoms with Gasteiger partial charge >= 0.3 is 0 Å². The van der Waals surface area contributed by atoms with Crippen LogP contribution in [0.15, 0.2) is 70.2 Å². The van der Waals surface area contributed by atoms with Crippen molar-refractivity contribution in [2.45, 2.75) is 25.2 Å². The van der Waals surface area contributed by atoms with Crippen molar-refractivity contribution in [2.24, 2.45) is 0 Å². The van der Waals surface area contributed by atoms with Gasteiger partial charge in [0.15, 0.2) is 5.76 Å². The van der Waals surface area contributed by atoms with Crippen molar-refractivity contribution in [1.29, 1.82) is 0 Å². The van der Waals surface area contributed by atoms with Crippen molar-refractivity contribution < 1.29 is 22.4 Å². The maximum absolute atomic E-state index is 12.8. The van der Waals surface area contributed by atoms with E-state index >= 15 is 0 Å².